The van der Waals surface area contributed by atoms with E-state index in [1.54, 1.807) is 0 Å². The number of anilines is 1. The van der Waals surface area contributed by atoms with Crippen molar-refractivity contribution in [1.29, 1.82) is 0 Å². The maximum Gasteiger partial charge on any atom is 0.426 e. The van der Waals surface area contributed by atoms with E-state index in [0.717, 1.165) is 12.1 Å². The highest BCUT2D eigenvalue weighted by Crippen LogP contribution is 2.58. The number of non-ortho nitro benzene ring substituents is 1. The highest BCUT2D eigenvalue weighted by atomic mass is 19.4. The number of fused-ring (bicyclic) bond motifs is 2. The number of nitro benzene ring substituents is 2. The standard InChI is InChI=1S/C16H14F6N4O5/c17-15(18,19)14(27,16(20,21)22)12-7-1-2-8(5-7)13(12)24-23-10-4-3-9(25(28)29)6-11(10)26(30)31/h3-4,6-8,12,23,27H,1-2,5H2/b24-13+/t7-,8-,12-/m0/s1. The van der Waals surface area contributed by atoms with Crippen molar-refractivity contribution in [2.45, 2.75) is 37.2 Å². The molecule has 0 radical (unpaired) electrons. The van der Waals surface area contributed by atoms with Gasteiger partial charge < -0.3 is 5.11 Å². The first-order valence-electron chi connectivity index (χ1n) is 8.80. The van der Waals surface area contributed by atoms with E-state index in [2.05, 4.69) is 10.5 Å². The second kappa shape index (κ2) is 7.32. The van der Waals surface area contributed by atoms with Crippen LogP contribution in [0.4, 0.5) is 43.4 Å². The van der Waals surface area contributed by atoms with Crippen LogP contribution in [0.1, 0.15) is 19.3 Å². The third-order valence-electron chi connectivity index (χ3n) is 5.69. The molecule has 170 valence electrons. The van der Waals surface area contributed by atoms with Gasteiger partial charge in [-0.3, -0.25) is 25.7 Å². The van der Waals surface area contributed by atoms with E-state index in [0.29, 0.717) is 6.07 Å². The quantitative estimate of drug-likeness (QED) is 0.388. The van der Waals surface area contributed by atoms with Crippen molar-refractivity contribution in [3.05, 3.63) is 38.4 Å². The number of nitrogens with one attached hydrogen (secondary N) is 1. The summed E-state index contributed by atoms with van der Waals surface area (Å²) < 4.78 is 80.4. The Bertz CT molecular complexity index is 933. The minimum absolute atomic E-state index is 0.0283. The Kier molecular flexibility index (Phi) is 5.36. The van der Waals surface area contributed by atoms with E-state index >= 15 is 0 Å². The third kappa shape index (κ3) is 3.66. The fourth-order valence-electron chi connectivity index (χ4n) is 4.32. The molecule has 0 heterocycles. The number of alkyl halides is 6. The van der Waals surface area contributed by atoms with Gasteiger partial charge in [0.15, 0.2) is 0 Å². The number of hydrogen-bond donors (Lipinski definition) is 2. The van der Waals surface area contributed by atoms with Gasteiger partial charge in [-0.1, -0.05) is 0 Å². The van der Waals surface area contributed by atoms with E-state index in [1.165, 1.54) is 0 Å². The van der Waals surface area contributed by atoms with E-state index in [1.807, 2.05) is 0 Å². The van der Waals surface area contributed by atoms with Crippen molar-refractivity contribution in [3.63, 3.8) is 0 Å². The van der Waals surface area contributed by atoms with Crippen LogP contribution < -0.4 is 5.43 Å². The van der Waals surface area contributed by atoms with Crippen LogP contribution in [-0.4, -0.2) is 38.6 Å². The summed E-state index contributed by atoms with van der Waals surface area (Å²) in [5, 5.41) is 35.4. The van der Waals surface area contributed by atoms with Crippen molar-refractivity contribution in [1.82, 2.24) is 0 Å². The molecule has 0 aliphatic heterocycles. The number of nitro groups is 2. The van der Waals surface area contributed by atoms with Gasteiger partial charge in [-0.2, -0.15) is 31.4 Å². The molecule has 2 saturated carbocycles. The number of benzene rings is 1. The predicted octanol–water partition coefficient (Wildman–Crippen LogP) is 4.17. The van der Waals surface area contributed by atoms with Gasteiger partial charge in [0.25, 0.3) is 11.3 Å². The zero-order chi connectivity index (χ0) is 23.4. The Morgan fingerprint density at radius 3 is 2.16 bits per heavy atom. The van der Waals surface area contributed by atoms with Crippen LogP contribution in [0.25, 0.3) is 0 Å². The molecule has 2 aliphatic rings. The average molecular weight is 456 g/mol. The molecular formula is C16H14F6N4O5. The molecule has 2 N–H and O–H groups in total. The van der Waals surface area contributed by atoms with E-state index < -0.39 is 68.3 Å². The first-order chi connectivity index (χ1) is 14.2. The first-order valence-corrected chi connectivity index (χ1v) is 8.80. The summed E-state index contributed by atoms with van der Waals surface area (Å²) in [6, 6.07) is 2.29. The molecule has 1 aromatic carbocycles. The summed E-state index contributed by atoms with van der Waals surface area (Å²) in [7, 11) is 0. The minimum Gasteiger partial charge on any atom is -0.373 e. The first kappa shape index (κ1) is 22.7. The fourth-order valence-corrected chi connectivity index (χ4v) is 4.32. The Labute approximate surface area is 169 Å². The Hall–Kier alpha value is -2.97. The zero-order valence-corrected chi connectivity index (χ0v) is 15.3. The molecule has 0 saturated heterocycles. The molecule has 0 unspecified atom stereocenters. The molecule has 3 rings (SSSR count). The van der Waals surface area contributed by atoms with Crippen LogP contribution in [0.5, 0.6) is 0 Å². The Morgan fingerprint density at radius 1 is 1.03 bits per heavy atom. The molecule has 2 aliphatic carbocycles. The van der Waals surface area contributed by atoms with Crippen molar-refractivity contribution in [3.8, 4) is 0 Å². The number of aliphatic hydroxyl groups is 1. The molecule has 0 spiro atoms. The lowest BCUT2D eigenvalue weighted by Gasteiger charge is -2.41. The van der Waals surface area contributed by atoms with Crippen LogP contribution in [0.2, 0.25) is 0 Å². The van der Waals surface area contributed by atoms with Crippen LogP contribution in [0.3, 0.4) is 0 Å². The topological polar surface area (TPSA) is 131 Å². The van der Waals surface area contributed by atoms with Crippen molar-refractivity contribution < 1.29 is 41.3 Å². The number of rotatable bonds is 5. The van der Waals surface area contributed by atoms with Gasteiger partial charge in [0.1, 0.15) is 5.69 Å². The zero-order valence-electron chi connectivity index (χ0n) is 15.3. The lowest BCUT2D eigenvalue weighted by molar-refractivity contribution is -0.393. The largest absolute Gasteiger partial charge is 0.426 e. The molecule has 1 aromatic rings. The highest BCUT2D eigenvalue weighted by molar-refractivity contribution is 5.94. The van der Waals surface area contributed by atoms with Gasteiger partial charge in [-0.05, 0) is 37.2 Å². The summed E-state index contributed by atoms with van der Waals surface area (Å²) >= 11 is 0. The van der Waals surface area contributed by atoms with Gasteiger partial charge in [-0.25, -0.2) is 0 Å². The van der Waals surface area contributed by atoms with Crippen molar-refractivity contribution in [2.75, 3.05) is 5.43 Å². The number of hydrazone groups is 1. The number of nitrogens with zero attached hydrogens (tertiary/aromatic N) is 3. The van der Waals surface area contributed by atoms with Crippen LogP contribution in [0, 0.1) is 38.0 Å². The lowest BCUT2D eigenvalue weighted by Crippen LogP contribution is -2.64. The average Bonchev–Trinajstić information content (AvgIpc) is 3.24. The SMILES string of the molecule is O=[N+]([O-])c1ccc(N/N=C2\[C@H]3CC[C@@H](C3)[C@@H]2C(O)(C(F)(F)F)C(F)(F)F)c([N+](=O)[O-])c1. The van der Waals surface area contributed by atoms with Gasteiger partial charge >= 0.3 is 18.0 Å². The fraction of sp³-hybridized carbons (Fsp3) is 0.562. The molecule has 2 fully saturated rings. The van der Waals surface area contributed by atoms with E-state index in [4.69, 9.17) is 0 Å². The second-order valence-electron chi connectivity index (χ2n) is 7.37. The van der Waals surface area contributed by atoms with Gasteiger partial charge in [0.05, 0.1) is 15.9 Å². The number of halogens is 6. The van der Waals surface area contributed by atoms with Crippen LogP contribution in [0.15, 0.2) is 23.3 Å². The van der Waals surface area contributed by atoms with Crippen molar-refractivity contribution in [2.24, 2.45) is 22.9 Å². The molecule has 3 atom stereocenters. The van der Waals surface area contributed by atoms with Crippen LogP contribution >= 0.6 is 0 Å². The molecule has 31 heavy (non-hydrogen) atoms. The molecule has 0 aromatic heterocycles. The van der Waals surface area contributed by atoms with E-state index in [9.17, 15) is 51.7 Å². The summed E-state index contributed by atoms with van der Waals surface area (Å²) in [6.07, 6.45) is -11.9. The molecule has 2 bridgehead atoms. The molecule has 9 nitrogen and oxygen atoms in total. The predicted molar refractivity (Wildman–Crippen MR) is 92.2 cm³/mol. The van der Waals surface area contributed by atoms with Gasteiger partial charge in [-0.15, -0.1) is 0 Å². The summed E-state index contributed by atoms with van der Waals surface area (Å²) in [4.78, 5) is 20.0. The monoisotopic (exact) mass is 456 g/mol. The Balaban J connectivity index is 2.04. The maximum atomic E-state index is 13.4. The number of hydrogen-bond acceptors (Lipinski definition) is 7. The summed E-state index contributed by atoms with van der Waals surface area (Å²) in [6.45, 7) is 0. The normalized spacial score (nSPS) is 25.1. The van der Waals surface area contributed by atoms with E-state index in [-0.39, 0.29) is 19.3 Å². The second-order valence-corrected chi connectivity index (χ2v) is 7.37. The highest BCUT2D eigenvalue weighted by Gasteiger charge is 2.77. The summed E-state index contributed by atoms with van der Waals surface area (Å²) in [5.74, 6) is -4.34. The maximum absolute atomic E-state index is 13.4. The van der Waals surface area contributed by atoms with Gasteiger partial charge in [0, 0.05) is 17.7 Å². The van der Waals surface area contributed by atoms with Crippen LogP contribution in [-0.2, 0) is 0 Å². The Morgan fingerprint density at radius 2 is 1.65 bits per heavy atom. The van der Waals surface area contributed by atoms with Crippen molar-refractivity contribution >= 4 is 22.8 Å². The molecular weight excluding hydrogens is 442 g/mol. The van der Waals surface area contributed by atoms with Gasteiger partial charge in [0.2, 0.25) is 0 Å². The lowest BCUT2D eigenvalue weighted by atomic mass is 9.74. The molecule has 15 heteroatoms. The smallest absolute Gasteiger partial charge is 0.373 e. The minimum atomic E-state index is -6.04. The summed E-state index contributed by atoms with van der Waals surface area (Å²) in [5.41, 5.74) is -5.53. The third-order valence-corrected chi connectivity index (χ3v) is 5.69. The molecule has 0 amide bonds.